The summed E-state index contributed by atoms with van der Waals surface area (Å²) in [5, 5.41) is 2.35. The summed E-state index contributed by atoms with van der Waals surface area (Å²) < 4.78 is 13.4. The van der Waals surface area contributed by atoms with Crippen molar-refractivity contribution in [3.63, 3.8) is 0 Å². The van der Waals surface area contributed by atoms with E-state index in [9.17, 15) is 0 Å². The zero-order valence-corrected chi connectivity index (χ0v) is 31.3. The second-order valence-electron chi connectivity index (χ2n) is 14.7. The molecular formula is C51H36N4O. The maximum Gasteiger partial charge on any atom is 0.269 e. The van der Waals surface area contributed by atoms with Crippen LogP contribution in [-0.4, -0.2) is 14.1 Å². The molecule has 0 spiro atoms. The molecule has 0 saturated heterocycles. The normalized spacial score (nSPS) is 11.8. The monoisotopic (exact) mass is 720 g/mol. The van der Waals surface area contributed by atoms with Crippen LogP contribution in [0, 0.1) is 27.1 Å². The first-order valence-electron chi connectivity index (χ1n) is 19.1. The predicted octanol–water partition coefficient (Wildman–Crippen LogP) is 12.2. The smallest absolute Gasteiger partial charge is 0.269 e. The summed E-state index contributed by atoms with van der Waals surface area (Å²) in [4.78, 5) is 4.95. The number of rotatable bonds is 4. The van der Waals surface area contributed by atoms with Gasteiger partial charge in [0.25, 0.3) is 6.33 Å². The number of ether oxygens (including phenoxy) is 1. The van der Waals surface area contributed by atoms with Gasteiger partial charge in [-0.2, -0.15) is 0 Å². The molecule has 1 aliphatic rings. The Balaban J connectivity index is 1.06. The van der Waals surface area contributed by atoms with Gasteiger partial charge in [-0.15, -0.1) is 0 Å². The van der Waals surface area contributed by atoms with Gasteiger partial charge in [0.05, 0.1) is 33.4 Å². The highest BCUT2D eigenvalue weighted by molar-refractivity contribution is 6.09. The quantitative estimate of drug-likeness (QED) is 0.134. The Morgan fingerprint density at radius 2 is 1.12 bits per heavy atom. The molecule has 0 amide bonds. The second kappa shape index (κ2) is 12.4. The number of hydrogen-bond donors (Lipinski definition) is 0. The van der Waals surface area contributed by atoms with E-state index in [1.54, 1.807) is 0 Å². The Kier molecular flexibility index (Phi) is 7.13. The van der Waals surface area contributed by atoms with Crippen LogP contribution in [0.5, 0.6) is 11.5 Å². The second-order valence-corrected chi connectivity index (χ2v) is 14.7. The number of hydrogen-bond acceptors (Lipinski definition) is 2. The summed E-state index contributed by atoms with van der Waals surface area (Å²) in [5.74, 6) is 2.43. The predicted molar refractivity (Wildman–Crippen MR) is 226 cm³/mol. The van der Waals surface area contributed by atoms with Crippen molar-refractivity contribution in [3.8, 4) is 62.1 Å². The summed E-state index contributed by atoms with van der Waals surface area (Å²) in [7, 11) is 0. The van der Waals surface area contributed by atoms with E-state index in [1.165, 1.54) is 44.3 Å². The fraction of sp³-hybridized carbons (Fsp3) is 0.0588. The van der Waals surface area contributed by atoms with E-state index in [4.69, 9.17) is 9.72 Å². The molecule has 0 bridgehead atoms. The van der Waals surface area contributed by atoms with Gasteiger partial charge in [0, 0.05) is 23.0 Å². The van der Waals surface area contributed by atoms with Gasteiger partial charge in [0.1, 0.15) is 17.3 Å². The van der Waals surface area contributed by atoms with Crippen LogP contribution in [0.15, 0.2) is 164 Å². The minimum absolute atomic E-state index is 0.740. The third-order valence-electron chi connectivity index (χ3n) is 11.6. The van der Waals surface area contributed by atoms with Crippen molar-refractivity contribution >= 4 is 32.8 Å². The van der Waals surface area contributed by atoms with Crippen molar-refractivity contribution in [2.24, 2.45) is 0 Å². The molecule has 0 saturated carbocycles. The summed E-state index contributed by atoms with van der Waals surface area (Å²) in [5.41, 5.74) is 17.1. The lowest BCUT2D eigenvalue weighted by Crippen LogP contribution is -2.30. The Labute approximate surface area is 325 Å². The van der Waals surface area contributed by atoms with Gasteiger partial charge in [0.2, 0.25) is 0 Å². The lowest BCUT2D eigenvalue weighted by atomic mass is 9.89. The molecular weight excluding hydrogens is 685 g/mol. The van der Waals surface area contributed by atoms with Gasteiger partial charge in [0.15, 0.2) is 0 Å². The molecule has 7 aromatic carbocycles. The number of aryl methyl sites for hydroxylation is 1. The van der Waals surface area contributed by atoms with E-state index < -0.39 is 0 Å². The van der Waals surface area contributed by atoms with Crippen molar-refractivity contribution in [1.29, 1.82) is 0 Å². The van der Waals surface area contributed by atoms with Gasteiger partial charge in [-0.1, -0.05) is 109 Å². The molecule has 11 rings (SSSR count). The molecule has 266 valence electrons. The van der Waals surface area contributed by atoms with Crippen LogP contribution in [0.3, 0.4) is 0 Å². The van der Waals surface area contributed by atoms with Crippen molar-refractivity contribution in [1.82, 2.24) is 14.1 Å². The van der Waals surface area contributed by atoms with E-state index >= 15 is 0 Å². The Hall–Kier alpha value is -7.24. The van der Waals surface area contributed by atoms with E-state index in [0.29, 0.717) is 0 Å². The largest absolute Gasteiger partial charge is 0.458 e. The van der Waals surface area contributed by atoms with Crippen LogP contribution in [0.4, 0.5) is 0 Å². The number of pyridine rings is 1. The molecule has 0 N–H and O–H groups in total. The molecule has 0 atom stereocenters. The number of fused-ring (bicyclic) bond motifs is 10. The first-order valence-corrected chi connectivity index (χ1v) is 19.1. The SMILES string of the molecule is Cc1cnc(-n2c3ccccc3c3ccc(Oc4cccc(-n5[c-][n+]6c7c(cccc75)-c5ccccc5-c5ccccc5-c5ccccc5-6)c4)cc32)c(C)c1C. The minimum atomic E-state index is 0.740. The highest BCUT2D eigenvalue weighted by atomic mass is 16.5. The average Bonchev–Trinajstić information content (AvgIpc) is 3.80. The molecule has 0 aliphatic carbocycles. The molecule has 0 unspecified atom stereocenters. The van der Waals surface area contributed by atoms with Crippen molar-refractivity contribution in [2.75, 3.05) is 0 Å². The molecule has 1 aliphatic heterocycles. The third-order valence-corrected chi connectivity index (χ3v) is 11.6. The maximum absolute atomic E-state index is 6.72. The van der Waals surface area contributed by atoms with E-state index in [-0.39, 0.29) is 0 Å². The number of para-hydroxylation sites is 3. The first-order chi connectivity index (χ1) is 27.5. The molecule has 56 heavy (non-hydrogen) atoms. The van der Waals surface area contributed by atoms with E-state index in [1.807, 2.05) is 12.3 Å². The topological polar surface area (TPSA) is 35.9 Å². The number of nitrogens with zero attached hydrogens (tertiary/aromatic N) is 4. The number of aromatic nitrogens is 4. The van der Waals surface area contributed by atoms with Gasteiger partial charge >= 0.3 is 0 Å². The molecule has 0 fully saturated rings. The van der Waals surface area contributed by atoms with Crippen LogP contribution in [0.1, 0.15) is 16.7 Å². The Morgan fingerprint density at radius 1 is 0.518 bits per heavy atom. The molecule has 5 nitrogen and oxygen atoms in total. The average molecular weight is 721 g/mol. The number of benzene rings is 7. The van der Waals surface area contributed by atoms with Gasteiger partial charge in [-0.05, 0) is 113 Å². The van der Waals surface area contributed by atoms with Gasteiger partial charge in [-0.3, -0.25) is 13.7 Å². The summed E-state index contributed by atoms with van der Waals surface area (Å²) in [6.07, 6.45) is 5.77. The Bertz CT molecular complexity index is 3220. The van der Waals surface area contributed by atoms with Crippen LogP contribution in [0.2, 0.25) is 0 Å². The number of imidazole rings is 1. The van der Waals surface area contributed by atoms with Crippen molar-refractivity contribution in [2.45, 2.75) is 20.8 Å². The minimum Gasteiger partial charge on any atom is -0.458 e. The molecule has 0 radical (unpaired) electrons. The van der Waals surface area contributed by atoms with Crippen LogP contribution >= 0.6 is 0 Å². The summed E-state index contributed by atoms with van der Waals surface area (Å²) in [6, 6.07) is 55.9. The fourth-order valence-electron chi connectivity index (χ4n) is 8.65. The zero-order valence-electron chi connectivity index (χ0n) is 31.3. The molecule has 5 heteroatoms. The van der Waals surface area contributed by atoms with Crippen molar-refractivity contribution < 1.29 is 9.30 Å². The first kappa shape index (κ1) is 32.2. The highest BCUT2D eigenvalue weighted by Crippen LogP contribution is 2.43. The molecule has 4 heterocycles. The van der Waals surface area contributed by atoms with Crippen LogP contribution in [-0.2, 0) is 0 Å². The lowest BCUT2D eigenvalue weighted by Gasteiger charge is -2.15. The third kappa shape index (κ3) is 4.80. The lowest BCUT2D eigenvalue weighted by molar-refractivity contribution is -0.571. The zero-order chi connectivity index (χ0) is 37.5. The molecule has 10 aromatic rings. The maximum atomic E-state index is 6.72. The van der Waals surface area contributed by atoms with Gasteiger partial charge in [-0.25, -0.2) is 4.98 Å². The summed E-state index contributed by atoms with van der Waals surface area (Å²) >= 11 is 0. The Morgan fingerprint density at radius 3 is 1.93 bits per heavy atom. The van der Waals surface area contributed by atoms with Gasteiger partial charge < -0.3 is 4.74 Å². The standard InChI is InChI=1S/C51H36N4O/c1-32-30-52-51(34(3)33(32)2)55-47-24-11-9-21-43(47)44-27-26-37(29-49(44)55)56-36-15-12-14-35(28-36)53-31-54-46-23-10-8-20-42(46)40-18-6-4-16-38(40)39-17-5-7-19-41(39)45-22-13-25-48(53)50(45)54/h4-30H,1-3H3. The van der Waals surface area contributed by atoms with Crippen LogP contribution < -0.4 is 9.30 Å². The molecule has 3 aromatic heterocycles. The van der Waals surface area contributed by atoms with E-state index in [0.717, 1.165) is 67.3 Å². The fourth-order valence-corrected chi connectivity index (χ4v) is 8.65. The van der Waals surface area contributed by atoms with E-state index in [2.05, 4.69) is 192 Å². The summed E-state index contributed by atoms with van der Waals surface area (Å²) in [6.45, 7) is 6.45. The van der Waals surface area contributed by atoms with Crippen molar-refractivity contribution in [3.05, 3.63) is 187 Å². The van der Waals surface area contributed by atoms with Crippen LogP contribution in [0.25, 0.3) is 83.4 Å². The highest BCUT2D eigenvalue weighted by Gasteiger charge is 2.24.